The summed E-state index contributed by atoms with van der Waals surface area (Å²) in [4.78, 5) is 63.1. The molecule has 2 rings (SSSR count). The average molecular weight is 476 g/mol. The van der Waals surface area contributed by atoms with E-state index in [4.69, 9.17) is 11.5 Å². The molecular weight excluding hydrogens is 442 g/mol. The summed E-state index contributed by atoms with van der Waals surface area (Å²) in [6, 6.07) is 4.59. The summed E-state index contributed by atoms with van der Waals surface area (Å²) >= 11 is 0. The predicted octanol–water partition coefficient (Wildman–Crippen LogP) is -0.867. The number of carboxylic acid groups (broad SMARTS) is 1. The molecule has 7 N–H and O–H groups in total. The second kappa shape index (κ2) is 12.1. The molecule has 0 saturated carbocycles. The van der Waals surface area contributed by atoms with Crippen LogP contribution in [-0.2, 0) is 30.4 Å². The molecule has 0 spiro atoms. The zero-order valence-electron chi connectivity index (χ0n) is 19.4. The van der Waals surface area contributed by atoms with Crippen LogP contribution >= 0.6 is 0 Å². The molecule has 1 aliphatic rings. The fourth-order valence-electron chi connectivity index (χ4n) is 3.79. The largest absolute Gasteiger partial charge is 0.480 e. The van der Waals surface area contributed by atoms with E-state index in [1.165, 1.54) is 0 Å². The van der Waals surface area contributed by atoms with E-state index in [-0.39, 0.29) is 25.3 Å². The lowest BCUT2D eigenvalue weighted by atomic mass is 10.0. The number of likely N-dealkylation sites (tertiary alicyclic amines) is 1. The molecule has 1 heterocycles. The maximum Gasteiger partial charge on any atom is 0.326 e. The number of carbonyl (C=O) groups excluding carboxylic acids is 4. The van der Waals surface area contributed by atoms with E-state index in [9.17, 15) is 29.1 Å². The summed E-state index contributed by atoms with van der Waals surface area (Å²) in [5, 5.41) is 14.5. The second-order valence-electron chi connectivity index (χ2n) is 8.78. The van der Waals surface area contributed by atoms with Crippen molar-refractivity contribution < 1.29 is 29.1 Å². The first-order valence-corrected chi connectivity index (χ1v) is 11.2. The van der Waals surface area contributed by atoms with Gasteiger partial charge in [-0.3, -0.25) is 19.2 Å². The smallest absolute Gasteiger partial charge is 0.326 e. The number of hydrogen-bond acceptors (Lipinski definition) is 6. The molecule has 4 amide bonds. The van der Waals surface area contributed by atoms with Crippen LogP contribution in [0.1, 0.15) is 38.7 Å². The normalized spacial score (nSPS) is 18.1. The van der Waals surface area contributed by atoms with E-state index >= 15 is 0 Å². The van der Waals surface area contributed by atoms with E-state index in [1.54, 1.807) is 38.1 Å². The Morgan fingerprint density at radius 3 is 2.24 bits per heavy atom. The molecule has 4 atom stereocenters. The van der Waals surface area contributed by atoms with Crippen LogP contribution in [0.3, 0.4) is 0 Å². The van der Waals surface area contributed by atoms with Crippen LogP contribution in [-0.4, -0.2) is 70.3 Å². The fraction of sp³-hybridized carbons (Fsp3) is 0.522. The molecule has 34 heavy (non-hydrogen) atoms. The highest BCUT2D eigenvalue weighted by Gasteiger charge is 2.39. The lowest BCUT2D eigenvalue weighted by molar-refractivity contribution is -0.149. The number of aliphatic carboxylic acids is 1. The molecule has 4 unspecified atom stereocenters. The summed E-state index contributed by atoms with van der Waals surface area (Å²) in [6.45, 7) is 3.73. The van der Waals surface area contributed by atoms with Crippen LogP contribution in [0.5, 0.6) is 0 Å². The number of amides is 4. The number of benzene rings is 1. The summed E-state index contributed by atoms with van der Waals surface area (Å²) in [6.07, 6.45) is 0.366. The van der Waals surface area contributed by atoms with Crippen molar-refractivity contribution in [3.8, 4) is 0 Å². The molecule has 0 bridgehead atoms. The summed E-state index contributed by atoms with van der Waals surface area (Å²) in [5.41, 5.74) is 12.0. The number of nitrogens with two attached hydrogens (primary N) is 2. The Morgan fingerprint density at radius 2 is 1.68 bits per heavy atom. The SMILES string of the molecule is CC(C)C(N)C(=O)NC(Cc1ccccc1)C(=O)NC(CC(N)=O)C(=O)N1CCCC1C(=O)O. The number of rotatable bonds is 11. The Hall–Kier alpha value is -3.47. The van der Waals surface area contributed by atoms with Gasteiger partial charge in [0.05, 0.1) is 12.5 Å². The highest BCUT2D eigenvalue weighted by molar-refractivity contribution is 5.96. The van der Waals surface area contributed by atoms with Crippen molar-refractivity contribution in [2.75, 3.05) is 6.54 Å². The molecule has 0 radical (unpaired) electrons. The first-order valence-electron chi connectivity index (χ1n) is 11.2. The van der Waals surface area contributed by atoms with Gasteiger partial charge in [-0.05, 0) is 24.3 Å². The summed E-state index contributed by atoms with van der Waals surface area (Å²) in [7, 11) is 0. The van der Waals surface area contributed by atoms with Crippen molar-refractivity contribution in [3.63, 3.8) is 0 Å². The Labute approximate surface area is 198 Å². The van der Waals surface area contributed by atoms with Gasteiger partial charge in [-0.25, -0.2) is 4.79 Å². The molecule has 11 nitrogen and oxygen atoms in total. The third-order valence-electron chi connectivity index (χ3n) is 5.78. The molecule has 1 fully saturated rings. The molecular formula is C23H33N5O6. The zero-order valence-corrected chi connectivity index (χ0v) is 19.4. The van der Waals surface area contributed by atoms with Crippen LogP contribution < -0.4 is 22.1 Å². The number of carbonyl (C=O) groups is 5. The van der Waals surface area contributed by atoms with Gasteiger partial charge in [0.2, 0.25) is 23.6 Å². The quantitative estimate of drug-likeness (QED) is 0.275. The maximum atomic E-state index is 13.2. The zero-order chi connectivity index (χ0) is 25.4. The lowest BCUT2D eigenvalue weighted by Crippen LogP contribution is -2.58. The molecule has 1 aliphatic heterocycles. The van der Waals surface area contributed by atoms with Crippen LogP contribution in [0.25, 0.3) is 0 Å². The Morgan fingerprint density at radius 1 is 1.06 bits per heavy atom. The number of hydrogen-bond donors (Lipinski definition) is 5. The third kappa shape index (κ3) is 7.27. The minimum absolute atomic E-state index is 0.113. The van der Waals surface area contributed by atoms with E-state index in [0.717, 1.165) is 10.5 Å². The number of primary amides is 1. The third-order valence-corrected chi connectivity index (χ3v) is 5.78. The van der Waals surface area contributed by atoms with Crippen molar-refractivity contribution in [2.45, 2.75) is 63.7 Å². The van der Waals surface area contributed by atoms with Gasteiger partial charge in [0.1, 0.15) is 18.1 Å². The molecule has 1 saturated heterocycles. The topological polar surface area (TPSA) is 185 Å². The second-order valence-corrected chi connectivity index (χ2v) is 8.78. The van der Waals surface area contributed by atoms with Gasteiger partial charge in [-0.1, -0.05) is 44.2 Å². The minimum Gasteiger partial charge on any atom is -0.480 e. The van der Waals surface area contributed by atoms with Crippen molar-refractivity contribution in [1.29, 1.82) is 0 Å². The van der Waals surface area contributed by atoms with E-state index < -0.39 is 60.2 Å². The van der Waals surface area contributed by atoms with Gasteiger partial charge >= 0.3 is 5.97 Å². The van der Waals surface area contributed by atoms with Crippen molar-refractivity contribution in [1.82, 2.24) is 15.5 Å². The lowest BCUT2D eigenvalue weighted by Gasteiger charge is -2.28. The van der Waals surface area contributed by atoms with Gasteiger partial charge in [-0.2, -0.15) is 0 Å². The highest BCUT2D eigenvalue weighted by Crippen LogP contribution is 2.19. The Bertz CT molecular complexity index is 906. The summed E-state index contributed by atoms with van der Waals surface area (Å²) < 4.78 is 0. The molecule has 186 valence electrons. The molecule has 0 aliphatic carbocycles. The van der Waals surface area contributed by atoms with Crippen LogP contribution in [0, 0.1) is 5.92 Å². The Kier molecular flexibility index (Phi) is 9.55. The van der Waals surface area contributed by atoms with Gasteiger partial charge < -0.3 is 32.1 Å². The predicted molar refractivity (Wildman–Crippen MR) is 123 cm³/mol. The monoisotopic (exact) mass is 475 g/mol. The highest BCUT2D eigenvalue weighted by atomic mass is 16.4. The maximum absolute atomic E-state index is 13.2. The van der Waals surface area contributed by atoms with Gasteiger partial charge in [0.25, 0.3) is 0 Å². The first kappa shape index (κ1) is 26.8. The number of nitrogens with zero attached hydrogens (tertiary/aromatic N) is 1. The van der Waals surface area contributed by atoms with Crippen LogP contribution in [0.15, 0.2) is 30.3 Å². The standard InChI is InChI=1S/C23H33N5O6/c1-13(2)19(25)21(31)26-15(11-14-7-4-3-5-8-14)20(30)27-16(12-18(24)29)22(32)28-10-6-9-17(28)23(33)34/h3-5,7-8,13,15-17,19H,6,9-12,25H2,1-2H3,(H2,24,29)(H,26,31)(H,27,30)(H,33,34). The summed E-state index contributed by atoms with van der Waals surface area (Å²) in [5.74, 6) is -4.12. The molecule has 1 aromatic rings. The van der Waals surface area contributed by atoms with Crippen molar-refractivity contribution >= 4 is 29.6 Å². The van der Waals surface area contributed by atoms with E-state index in [2.05, 4.69) is 10.6 Å². The van der Waals surface area contributed by atoms with Gasteiger partial charge in [0.15, 0.2) is 0 Å². The average Bonchev–Trinajstić information content (AvgIpc) is 3.27. The van der Waals surface area contributed by atoms with Crippen LogP contribution in [0.2, 0.25) is 0 Å². The Balaban J connectivity index is 2.25. The van der Waals surface area contributed by atoms with E-state index in [1.807, 2.05) is 6.07 Å². The van der Waals surface area contributed by atoms with Crippen molar-refractivity contribution in [2.24, 2.45) is 17.4 Å². The van der Waals surface area contributed by atoms with Crippen molar-refractivity contribution in [3.05, 3.63) is 35.9 Å². The molecule has 11 heteroatoms. The van der Waals surface area contributed by atoms with E-state index in [0.29, 0.717) is 6.42 Å². The number of carboxylic acids is 1. The minimum atomic E-state index is -1.36. The van der Waals surface area contributed by atoms with Crippen LogP contribution in [0.4, 0.5) is 0 Å². The van der Waals surface area contributed by atoms with Gasteiger partial charge in [-0.15, -0.1) is 0 Å². The first-order chi connectivity index (χ1) is 16.0. The van der Waals surface area contributed by atoms with Gasteiger partial charge in [0, 0.05) is 13.0 Å². The number of nitrogens with one attached hydrogen (secondary N) is 2. The fourth-order valence-corrected chi connectivity index (χ4v) is 3.79. The molecule has 1 aromatic carbocycles. The molecule has 0 aromatic heterocycles.